The lowest BCUT2D eigenvalue weighted by Crippen LogP contribution is -2.48. The van der Waals surface area contributed by atoms with Gasteiger partial charge < -0.3 is 4.90 Å². The number of nitrogens with zero attached hydrogens (tertiary/aromatic N) is 4. The smallest absolute Gasteiger partial charge is 0.273 e. The molecule has 130 valence electrons. The Morgan fingerprint density at radius 1 is 1.08 bits per heavy atom. The highest BCUT2D eigenvalue weighted by Crippen LogP contribution is 2.19. The van der Waals surface area contributed by atoms with E-state index in [2.05, 4.69) is 9.88 Å². The molecule has 25 heavy (non-hydrogen) atoms. The van der Waals surface area contributed by atoms with Crippen LogP contribution in [0.2, 0.25) is 0 Å². The maximum absolute atomic E-state index is 12.5. The number of aromatic nitrogens is 1. The summed E-state index contributed by atoms with van der Waals surface area (Å²) in [4.78, 5) is 31.5. The van der Waals surface area contributed by atoms with Crippen LogP contribution < -0.4 is 0 Å². The van der Waals surface area contributed by atoms with Crippen LogP contribution >= 0.6 is 0 Å². The fourth-order valence-corrected chi connectivity index (χ4v) is 2.99. The monoisotopic (exact) mass is 340 g/mol. The first-order chi connectivity index (χ1) is 12.1. The second kappa shape index (κ2) is 7.85. The predicted octanol–water partition coefficient (Wildman–Crippen LogP) is 1.88. The van der Waals surface area contributed by atoms with Gasteiger partial charge >= 0.3 is 0 Å². The Balaban J connectivity index is 1.54. The predicted molar refractivity (Wildman–Crippen MR) is 92.9 cm³/mol. The molecule has 1 aliphatic rings. The van der Waals surface area contributed by atoms with Crippen LogP contribution in [0.4, 0.5) is 5.69 Å². The molecule has 0 unspecified atom stereocenters. The van der Waals surface area contributed by atoms with Crippen molar-refractivity contribution in [2.75, 3.05) is 26.2 Å². The molecule has 0 radical (unpaired) electrons. The molecular weight excluding hydrogens is 320 g/mol. The molecule has 1 aromatic heterocycles. The van der Waals surface area contributed by atoms with Gasteiger partial charge in [-0.1, -0.05) is 24.3 Å². The molecule has 0 spiro atoms. The summed E-state index contributed by atoms with van der Waals surface area (Å²) >= 11 is 0. The van der Waals surface area contributed by atoms with Gasteiger partial charge in [-0.15, -0.1) is 0 Å². The molecule has 0 aliphatic carbocycles. The van der Waals surface area contributed by atoms with Crippen molar-refractivity contribution >= 4 is 11.6 Å². The zero-order valence-corrected chi connectivity index (χ0v) is 13.9. The summed E-state index contributed by atoms with van der Waals surface area (Å²) < 4.78 is 0. The fraction of sp³-hybridized carbons (Fsp3) is 0.333. The number of rotatable bonds is 5. The van der Waals surface area contributed by atoms with Crippen molar-refractivity contribution in [1.82, 2.24) is 14.8 Å². The summed E-state index contributed by atoms with van der Waals surface area (Å²) in [5.41, 5.74) is 1.49. The van der Waals surface area contributed by atoms with Gasteiger partial charge in [0, 0.05) is 50.6 Å². The maximum Gasteiger partial charge on any atom is 0.273 e. The number of hydrogen-bond acceptors (Lipinski definition) is 5. The molecule has 0 bridgehead atoms. The molecule has 1 fully saturated rings. The minimum absolute atomic E-state index is 0.00429. The molecule has 1 aliphatic heterocycles. The van der Waals surface area contributed by atoms with E-state index in [0.717, 1.165) is 25.3 Å². The number of hydrogen-bond donors (Lipinski definition) is 0. The normalized spacial score (nSPS) is 15.1. The molecule has 0 atom stereocenters. The number of para-hydroxylation sites is 1. The van der Waals surface area contributed by atoms with Crippen molar-refractivity contribution in [3.63, 3.8) is 0 Å². The first-order valence-electron chi connectivity index (χ1n) is 8.26. The van der Waals surface area contributed by atoms with Crippen molar-refractivity contribution in [3.05, 3.63) is 70.0 Å². The van der Waals surface area contributed by atoms with E-state index in [4.69, 9.17) is 0 Å². The summed E-state index contributed by atoms with van der Waals surface area (Å²) in [6, 6.07) is 12.3. The second-order valence-corrected chi connectivity index (χ2v) is 6.04. The third-order valence-corrected chi connectivity index (χ3v) is 4.37. The van der Waals surface area contributed by atoms with Gasteiger partial charge in [-0.3, -0.25) is 24.8 Å². The second-order valence-electron chi connectivity index (χ2n) is 6.04. The molecule has 1 amide bonds. The van der Waals surface area contributed by atoms with Crippen molar-refractivity contribution in [2.45, 2.75) is 13.0 Å². The number of pyridine rings is 1. The Morgan fingerprint density at radius 2 is 1.80 bits per heavy atom. The summed E-state index contributed by atoms with van der Waals surface area (Å²) in [5.74, 6) is -0.0632. The topological polar surface area (TPSA) is 79.6 Å². The van der Waals surface area contributed by atoms with Gasteiger partial charge in [-0.2, -0.15) is 0 Å². The van der Waals surface area contributed by atoms with Crippen LogP contribution in [0.25, 0.3) is 0 Å². The van der Waals surface area contributed by atoms with Crippen molar-refractivity contribution in [2.24, 2.45) is 0 Å². The fourth-order valence-electron chi connectivity index (χ4n) is 2.99. The summed E-state index contributed by atoms with van der Waals surface area (Å²) in [6.07, 6.45) is 1.85. The average molecular weight is 340 g/mol. The van der Waals surface area contributed by atoms with Crippen LogP contribution in [0, 0.1) is 10.1 Å². The van der Waals surface area contributed by atoms with Gasteiger partial charge in [-0.25, -0.2) is 0 Å². The third kappa shape index (κ3) is 4.39. The molecule has 1 saturated heterocycles. The Labute approximate surface area is 146 Å². The van der Waals surface area contributed by atoms with Gasteiger partial charge in [0.1, 0.15) is 0 Å². The molecular formula is C18H20N4O3. The molecule has 2 aromatic rings. The number of amides is 1. The van der Waals surface area contributed by atoms with E-state index in [0.29, 0.717) is 18.7 Å². The molecule has 2 heterocycles. The van der Waals surface area contributed by atoms with Crippen LogP contribution in [0.3, 0.4) is 0 Å². The largest absolute Gasteiger partial charge is 0.340 e. The first kappa shape index (κ1) is 17.0. The number of nitro benzene ring substituents is 1. The summed E-state index contributed by atoms with van der Waals surface area (Å²) in [6.45, 7) is 3.59. The van der Waals surface area contributed by atoms with Crippen LogP contribution in [0.1, 0.15) is 11.3 Å². The molecule has 7 nitrogen and oxygen atoms in total. The highest BCUT2D eigenvalue weighted by Gasteiger charge is 2.23. The Hall–Kier alpha value is -2.80. The van der Waals surface area contributed by atoms with Crippen molar-refractivity contribution in [3.8, 4) is 0 Å². The Bertz CT molecular complexity index is 743. The van der Waals surface area contributed by atoms with Crippen LogP contribution in [-0.4, -0.2) is 51.8 Å². The van der Waals surface area contributed by atoms with Gasteiger partial charge in [0.25, 0.3) is 5.69 Å². The minimum Gasteiger partial charge on any atom is -0.340 e. The number of carbonyl (C=O) groups excluding carboxylic acids is 1. The van der Waals surface area contributed by atoms with E-state index in [1.54, 1.807) is 29.3 Å². The zero-order chi connectivity index (χ0) is 17.6. The Kier molecular flexibility index (Phi) is 5.35. The lowest BCUT2D eigenvalue weighted by atomic mass is 10.1. The third-order valence-electron chi connectivity index (χ3n) is 4.37. The maximum atomic E-state index is 12.5. The van der Waals surface area contributed by atoms with E-state index in [1.807, 2.05) is 18.2 Å². The SMILES string of the molecule is O=C(Cc1ccccc1[N+](=O)[O-])N1CCN(Cc2ccccn2)CC1. The van der Waals surface area contributed by atoms with Crippen LogP contribution in [0.15, 0.2) is 48.7 Å². The molecule has 7 heteroatoms. The highest BCUT2D eigenvalue weighted by molar-refractivity contribution is 5.80. The lowest BCUT2D eigenvalue weighted by Gasteiger charge is -2.34. The van der Waals surface area contributed by atoms with Gasteiger partial charge in [0.15, 0.2) is 0 Å². The van der Waals surface area contributed by atoms with E-state index in [1.165, 1.54) is 6.07 Å². The molecule has 1 aromatic carbocycles. The Morgan fingerprint density at radius 3 is 2.48 bits per heavy atom. The quantitative estimate of drug-likeness (QED) is 0.613. The van der Waals surface area contributed by atoms with Gasteiger partial charge in [-0.05, 0) is 12.1 Å². The van der Waals surface area contributed by atoms with Crippen molar-refractivity contribution < 1.29 is 9.72 Å². The van der Waals surface area contributed by atoms with E-state index in [-0.39, 0.29) is 18.0 Å². The first-order valence-corrected chi connectivity index (χ1v) is 8.26. The highest BCUT2D eigenvalue weighted by atomic mass is 16.6. The standard InChI is InChI=1S/C18H20N4O3/c23-18(13-15-5-1-2-7-17(15)22(24)25)21-11-9-20(10-12-21)14-16-6-3-4-8-19-16/h1-8H,9-14H2. The van der Waals surface area contributed by atoms with E-state index < -0.39 is 4.92 Å². The summed E-state index contributed by atoms with van der Waals surface area (Å²) in [7, 11) is 0. The van der Waals surface area contributed by atoms with Crippen LogP contribution in [0.5, 0.6) is 0 Å². The van der Waals surface area contributed by atoms with E-state index >= 15 is 0 Å². The average Bonchev–Trinajstić information content (AvgIpc) is 2.63. The number of benzene rings is 1. The molecule has 0 saturated carbocycles. The number of nitro groups is 1. The van der Waals surface area contributed by atoms with Gasteiger partial charge in [0.2, 0.25) is 5.91 Å². The van der Waals surface area contributed by atoms with Crippen molar-refractivity contribution in [1.29, 1.82) is 0 Å². The zero-order valence-electron chi connectivity index (χ0n) is 13.9. The number of piperazine rings is 1. The van der Waals surface area contributed by atoms with Gasteiger partial charge in [0.05, 0.1) is 17.0 Å². The van der Waals surface area contributed by atoms with Crippen LogP contribution in [-0.2, 0) is 17.8 Å². The summed E-state index contributed by atoms with van der Waals surface area (Å²) in [5, 5.41) is 11.1. The molecule has 3 rings (SSSR count). The minimum atomic E-state index is -0.437. The van der Waals surface area contributed by atoms with E-state index in [9.17, 15) is 14.9 Å². The lowest BCUT2D eigenvalue weighted by molar-refractivity contribution is -0.385. The molecule has 0 N–H and O–H groups in total. The number of carbonyl (C=O) groups is 1.